The second-order valence-electron chi connectivity index (χ2n) is 7.01. The molecular weight excluding hydrogens is 384 g/mol. The molecule has 154 valence electrons. The lowest BCUT2D eigenvalue weighted by atomic mass is 10.1. The number of amides is 3. The number of carbonyl (C=O) groups excluding carboxylic acids is 3. The number of anilines is 1. The number of hydrogen-bond donors (Lipinski definition) is 1. The molecule has 2 aromatic carbocycles. The van der Waals surface area contributed by atoms with E-state index < -0.39 is 23.8 Å². The standard InChI is InChI=1S/C23H22N2O5/c1-16-7-5-6-10-18(16)25-21(27)15-19(23(25)30)24(20(26)11-12-22(28)29)14-13-17-8-3-2-4-9-17/h2-12,19H,13-15H2,1H3,(H,28,29)/b12-11+/t19-/m1/s1. The van der Waals surface area contributed by atoms with Crippen molar-refractivity contribution in [2.45, 2.75) is 25.8 Å². The van der Waals surface area contributed by atoms with E-state index in [4.69, 9.17) is 5.11 Å². The highest BCUT2D eigenvalue weighted by Crippen LogP contribution is 2.28. The molecule has 0 radical (unpaired) electrons. The zero-order valence-corrected chi connectivity index (χ0v) is 16.5. The molecule has 1 aliphatic heterocycles. The van der Waals surface area contributed by atoms with Crippen LogP contribution in [0.25, 0.3) is 0 Å². The van der Waals surface area contributed by atoms with Crippen LogP contribution >= 0.6 is 0 Å². The summed E-state index contributed by atoms with van der Waals surface area (Å²) in [6, 6.07) is 15.5. The zero-order chi connectivity index (χ0) is 21.7. The first-order chi connectivity index (χ1) is 14.4. The van der Waals surface area contributed by atoms with Crippen molar-refractivity contribution in [3.63, 3.8) is 0 Å². The number of hydrogen-bond acceptors (Lipinski definition) is 4. The lowest BCUT2D eigenvalue weighted by molar-refractivity contribution is -0.135. The maximum atomic E-state index is 13.1. The van der Waals surface area contributed by atoms with Crippen molar-refractivity contribution in [2.75, 3.05) is 11.4 Å². The third kappa shape index (κ3) is 4.63. The molecule has 0 bridgehead atoms. The second kappa shape index (κ2) is 9.17. The Morgan fingerprint density at radius 2 is 1.73 bits per heavy atom. The van der Waals surface area contributed by atoms with Gasteiger partial charge in [-0.3, -0.25) is 14.4 Å². The largest absolute Gasteiger partial charge is 0.478 e. The number of carbonyl (C=O) groups is 4. The molecule has 7 heteroatoms. The minimum Gasteiger partial charge on any atom is -0.478 e. The molecule has 1 fully saturated rings. The monoisotopic (exact) mass is 406 g/mol. The highest BCUT2D eigenvalue weighted by molar-refractivity contribution is 6.23. The number of imide groups is 1. The first-order valence-corrected chi connectivity index (χ1v) is 9.56. The molecule has 3 amide bonds. The molecule has 1 saturated heterocycles. The molecule has 1 N–H and O–H groups in total. The number of para-hydroxylation sites is 1. The summed E-state index contributed by atoms with van der Waals surface area (Å²) in [6.45, 7) is 1.98. The van der Waals surface area contributed by atoms with E-state index >= 15 is 0 Å². The minimum absolute atomic E-state index is 0.144. The van der Waals surface area contributed by atoms with Crippen LogP contribution in [-0.4, -0.2) is 46.3 Å². The van der Waals surface area contributed by atoms with Crippen molar-refractivity contribution in [1.82, 2.24) is 4.90 Å². The number of carboxylic acid groups (broad SMARTS) is 1. The Balaban J connectivity index is 1.87. The lowest BCUT2D eigenvalue weighted by Crippen LogP contribution is -2.46. The third-order valence-electron chi connectivity index (χ3n) is 4.99. The van der Waals surface area contributed by atoms with Crippen LogP contribution in [0.2, 0.25) is 0 Å². The van der Waals surface area contributed by atoms with E-state index in [1.54, 1.807) is 25.1 Å². The van der Waals surface area contributed by atoms with Gasteiger partial charge in [-0.1, -0.05) is 48.5 Å². The van der Waals surface area contributed by atoms with Gasteiger partial charge in [0.15, 0.2) is 0 Å². The molecule has 3 rings (SSSR count). The van der Waals surface area contributed by atoms with Crippen molar-refractivity contribution in [2.24, 2.45) is 0 Å². The molecule has 1 atom stereocenters. The van der Waals surface area contributed by atoms with Gasteiger partial charge in [0.25, 0.3) is 5.91 Å². The van der Waals surface area contributed by atoms with Gasteiger partial charge >= 0.3 is 5.97 Å². The quantitative estimate of drug-likeness (QED) is 0.563. The Kier molecular flexibility index (Phi) is 6.41. The number of nitrogens with zero attached hydrogens (tertiary/aromatic N) is 2. The Morgan fingerprint density at radius 3 is 2.40 bits per heavy atom. The van der Waals surface area contributed by atoms with Gasteiger partial charge in [0.1, 0.15) is 6.04 Å². The van der Waals surface area contributed by atoms with E-state index in [1.807, 2.05) is 36.4 Å². The summed E-state index contributed by atoms with van der Waals surface area (Å²) in [4.78, 5) is 51.7. The van der Waals surface area contributed by atoms with Gasteiger partial charge in [0, 0.05) is 18.7 Å². The van der Waals surface area contributed by atoms with Gasteiger partial charge in [0.2, 0.25) is 11.8 Å². The highest BCUT2D eigenvalue weighted by Gasteiger charge is 2.44. The molecular formula is C23H22N2O5. The molecule has 1 aliphatic rings. The number of benzene rings is 2. The predicted octanol–water partition coefficient (Wildman–Crippen LogP) is 2.34. The third-order valence-corrected chi connectivity index (χ3v) is 4.99. The van der Waals surface area contributed by atoms with E-state index in [0.29, 0.717) is 12.1 Å². The second-order valence-corrected chi connectivity index (χ2v) is 7.01. The number of aliphatic carboxylic acids is 1. The number of aryl methyl sites for hydroxylation is 1. The average molecular weight is 406 g/mol. The van der Waals surface area contributed by atoms with Gasteiger partial charge in [-0.2, -0.15) is 0 Å². The molecule has 0 spiro atoms. The van der Waals surface area contributed by atoms with Crippen LogP contribution in [0.1, 0.15) is 17.5 Å². The zero-order valence-electron chi connectivity index (χ0n) is 16.5. The van der Waals surface area contributed by atoms with Crippen molar-refractivity contribution in [1.29, 1.82) is 0 Å². The molecule has 1 heterocycles. The predicted molar refractivity (Wildman–Crippen MR) is 111 cm³/mol. The number of carboxylic acids is 1. The topological polar surface area (TPSA) is 95.0 Å². The van der Waals surface area contributed by atoms with Crippen LogP contribution in [-0.2, 0) is 25.6 Å². The summed E-state index contributed by atoms with van der Waals surface area (Å²) in [5.74, 6) is -2.76. The summed E-state index contributed by atoms with van der Waals surface area (Å²) < 4.78 is 0. The van der Waals surface area contributed by atoms with Crippen molar-refractivity contribution < 1.29 is 24.3 Å². The smallest absolute Gasteiger partial charge is 0.328 e. The van der Waals surface area contributed by atoms with E-state index in [-0.39, 0.29) is 18.9 Å². The Bertz CT molecular complexity index is 1000. The summed E-state index contributed by atoms with van der Waals surface area (Å²) in [5, 5.41) is 8.85. The summed E-state index contributed by atoms with van der Waals surface area (Å²) >= 11 is 0. The molecule has 7 nitrogen and oxygen atoms in total. The SMILES string of the molecule is Cc1ccccc1N1C(=O)C[C@@H](N(CCc2ccccc2)C(=O)/C=C/C(=O)O)C1=O. The Labute approximate surface area is 174 Å². The van der Waals surface area contributed by atoms with E-state index in [2.05, 4.69) is 0 Å². The van der Waals surface area contributed by atoms with Crippen LogP contribution in [0.4, 0.5) is 5.69 Å². The van der Waals surface area contributed by atoms with E-state index in [0.717, 1.165) is 28.2 Å². The van der Waals surface area contributed by atoms with Crippen LogP contribution < -0.4 is 4.90 Å². The summed E-state index contributed by atoms with van der Waals surface area (Å²) in [7, 11) is 0. The minimum atomic E-state index is -1.26. The maximum Gasteiger partial charge on any atom is 0.328 e. The van der Waals surface area contributed by atoms with Crippen LogP contribution in [0, 0.1) is 6.92 Å². The maximum absolute atomic E-state index is 13.1. The Hall–Kier alpha value is -3.74. The first-order valence-electron chi connectivity index (χ1n) is 9.56. The summed E-state index contributed by atoms with van der Waals surface area (Å²) in [6.07, 6.45) is 1.98. The highest BCUT2D eigenvalue weighted by atomic mass is 16.4. The number of rotatable bonds is 7. The fourth-order valence-corrected chi connectivity index (χ4v) is 3.48. The molecule has 0 aromatic heterocycles. The van der Waals surface area contributed by atoms with E-state index in [9.17, 15) is 19.2 Å². The van der Waals surface area contributed by atoms with Gasteiger partial charge < -0.3 is 10.0 Å². The van der Waals surface area contributed by atoms with Crippen LogP contribution in [0.5, 0.6) is 0 Å². The molecule has 2 aromatic rings. The van der Waals surface area contributed by atoms with Gasteiger partial charge in [-0.15, -0.1) is 0 Å². The average Bonchev–Trinajstić information content (AvgIpc) is 3.02. The first kappa shape index (κ1) is 21.0. The van der Waals surface area contributed by atoms with Crippen LogP contribution in [0.15, 0.2) is 66.7 Å². The molecule has 30 heavy (non-hydrogen) atoms. The van der Waals surface area contributed by atoms with Crippen molar-refractivity contribution in [3.05, 3.63) is 77.9 Å². The summed E-state index contributed by atoms with van der Waals surface area (Å²) in [5.41, 5.74) is 2.23. The lowest BCUT2D eigenvalue weighted by Gasteiger charge is -2.27. The fourth-order valence-electron chi connectivity index (χ4n) is 3.48. The normalized spacial score (nSPS) is 16.3. The van der Waals surface area contributed by atoms with Crippen molar-refractivity contribution >= 4 is 29.4 Å². The molecule has 0 saturated carbocycles. The Morgan fingerprint density at radius 1 is 1.07 bits per heavy atom. The van der Waals surface area contributed by atoms with Crippen LogP contribution in [0.3, 0.4) is 0 Å². The van der Waals surface area contributed by atoms with Gasteiger partial charge in [0.05, 0.1) is 12.1 Å². The van der Waals surface area contributed by atoms with Gasteiger partial charge in [-0.05, 0) is 30.5 Å². The van der Waals surface area contributed by atoms with E-state index in [1.165, 1.54) is 4.90 Å². The fraction of sp³-hybridized carbons (Fsp3) is 0.217. The van der Waals surface area contributed by atoms with Crippen molar-refractivity contribution in [3.8, 4) is 0 Å². The molecule has 0 aliphatic carbocycles. The molecule has 0 unspecified atom stereocenters. The van der Waals surface area contributed by atoms with Gasteiger partial charge in [-0.25, -0.2) is 9.69 Å².